The van der Waals surface area contributed by atoms with Gasteiger partial charge in [-0.25, -0.2) is 0 Å². The molecule has 0 bridgehead atoms. The summed E-state index contributed by atoms with van der Waals surface area (Å²) in [5, 5.41) is 0. The molecule has 0 aromatic heterocycles. The Morgan fingerprint density at radius 2 is 1.79 bits per heavy atom. The molecule has 5 nitrogen and oxygen atoms in total. The number of rotatable bonds is 8. The predicted molar refractivity (Wildman–Crippen MR) is 98.5 cm³/mol. The quantitative estimate of drug-likeness (QED) is 0.739. The fourth-order valence-corrected chi connectivity index (χ4v) is 3.38. The maximum Gasteiger partial charge on any atom is 0.239 e. The molecule has 1 rings (SSSR count). The molecule has 1 aliphatic rings. The molecule has 1 fully saturated rings. The molecule has 0 radical (unpaired) electrons. The van der Waals surface area contributed by atoms with E-state index in [1.54, 1.807) is 0 Å². The molecule has 0 spiro atoms. The third-order valence-corrected chi connectivity index (χ3v) is 5.51. The molecule has 5 heteroatoms. The van der Waals surface area contributed by atoms with Crippen molar-refractivity contribution in [1.82, 2.24) is 9.80 Å². The van der Waals surface area contributed by atoms with Crippen molar-refractivity contribution < 1.29 is 9.59 Å². The van der Waals surface area contributed by atoms with Gasteiger partial charge in [0.25, 0.3) is 0 Å². The third kappa shape index (κ3) is 5.20. The summed E-state index contributed by atoms with van der Waals surface area (Å²) in [5.74, 6) is 0.598. The van der Waals surface area contributed by atoms with Crippen molar-refractivity contribution in [3.05, 3.63) is 0 Å². The average molecular weight is 340 g/mol. The lowest BCUT2D eigenvalue weighted by molar-refractivity contribution is -0.146. The summed E-state index contributed by atoms with van der Waals surface area (Å²) >= 11 is 0. The van der Waals surface area contributed by atoms with Crippen LogP contribution in [0.1, 0.15) is 66.7 Å². The molecule has 0 aromatic rings. The molecule has 1 heterocycles. The normalized spacial score (nSPS) is 22.2. The third-order valence-electron chi connectivity index (χ3n) is 5.51. The van der Waals surface area contributed by atoms with Gasteiger partial charge >= 0.3 is 0 Å². The smallest absolute Gasteiger partial charge is 0.239 e. The van der Waals surface area contributed by atoms with E-state index in [0.717, 1.165) is 32.1 Å². The average Bonchev–Trinajstić information content (AvgIpc) is 2.59. The second-order valence-electron chi connectivity index (χ2n) is 7.32. The van der Waals surface area contributed by atoms with Crippen LogP contribution in [0.4, 0.5) is 0 Å². The molecule has 2 N–H and O–H groups in total. The van der Waals surface area contributed by atoms with Crippen molar-refractivity contribution in [3.63, 3.8) is 0 Å². The van der Waals surface area contributed by atoms with Gasteiger partial charge in [-0.1, -0.05) is 47.0 Å². The molecular formula is C19H37N3O2. The topological polar surface area (TPSA) is 66.6 Å². The zero-order valence-corrected chi connectivity index (χ0v) is 16.3. The van der Waals surface area contributed by atoms with Gasteiger partial charge < -0.3 is 15.5 Å². The van der Waals surface area contributed by atoms with Crippen LogP contribution >= 0.6 is 0 Å². The minimum absolute atomic E-state index is 0.0290. The lowest BCUT2D eigenvalue weighted by Gasteiger charge is -2.42. The first-order valence-electron chi connectivity index (χ1n) is 9.72. The minimum Gasteiger partial charge on any atom is -0.338 e. The van der Waals surface area contributed by atoms with Gasteiger partial charge in [-0.2, -0.15) is 0 Å². The second kappa shape index (κ2) is 10.0. The number of hydrogen-bond acceptors (Lipinski definition) is 3. The van der Waals surface area contributed by atoms with Crippen LogP contribution in [0.15, 0.2) is 0 Å². The van der Waals surface area contributed by atoms with Crippen LogP contribution in [0, 0.1) is 11.8 Å². The van der Waals surface area contributed by atoms with Crippen molar-refractivity contribution in [1.29, 1.82) is 0 Å². The number of nitrogens with two attached hydrogens (primary N) is 1. The first-order chi connectivity index (χ1) is 11.4. The molecule has 140 valence electrons. The van der Waals surface area contributed by atoms with Crippen LogP contribution in [-0.4, -0.2) is 53.3 Å². The van der Waals surface area contributed by atoms with Crippen molar-refractivity contribution in [3.8, 4) is 0 Å². The van der Waals surface area contributed by atoms with Crippen molar-refractivity contribution in [2.75, 3.05) is 19.6 Å². The highest BCUT2D eigenvalue weighted by Crippen LogP contribution is 2.20. The van der Waals surface area contributed by atoms with Gasteiger partial charge in [0.05, 0.1) is 6.04 Å². The van der Waals surface area contributed by atoms with Crippen LogP contribution in [0.25, 0.3) is 0 Å². The molecule has 0 saturated carbocycles. The number of amides is 2. The van der Waals surface area contributed by atoms with E-state index >= 15 is 0 Å². The van der Waals surface area contributed by atoms with Gasteiger partial charge in [-0.05, 0) is 25.7 Å². The van der Waals surface area contributed by atoms with Gasteiger partial charge in [0.15, 0.2) is 0 Å². The van der Waals surface area contributed by atoms with Gasteiger partial charge in [0.2, 0.25) is 11.8 Å². The minimum atomic E-state index is -0.433. The van der Waals surface area contributed by atoms with E-state index in [2.05, 4.69) is 20.8 Å². The lowest BCUT2D eigenvalue weighted by atomic mass is 9.96. The van der Waals surface area contributed by atoms with E-state index in [9.17, 15) is 9.59 Å². The Bertz CT molecular complexity index is 413. The highest BCUT2D eigenvalue weighted by Gasteiger charge is 2.34. The van der Waals surface area contributed by atoms with E-state index in [4.69, 9.17) is 5.73 Å². The van der Waals surface area contributed by atoms with Gasteiger partial charge in [0, 0.05) is 31.6 Å². The number of carbonyl (C=O) groups is 2. The van der Waals surface area contributed by atoms with Crippen molar-refractivity contribution in [2.45, 2.75) is 78.8 Å². The van der Waals surface area contributed by atoms with Gasteiger partial charge in [-0.3, -0.25) is 9.59 Å². The molecule has 0 aromatic carbocycles. The van der Waals surface area contributed by atoms with Crippen LogP contribution in [-0.2, 0) is 9.59 Å². The standard InChI is InChI=1S/C19H37N3O2/c1-6-9-10-16(8-3)18(23)22-12-11-21(13-15(22)5)19(24)17(20)14(4)7-2/h14-17H,6-13,20H2,1-5H3. The SMILES string of the molecule is CCCCC(CC)C(=O)N1CCN(C(=O)C(N)C(C)CC)CC1C. The van der Waals surface area contributed by atoms with Gasteiger partial charge in [0.1, 0.15) is 0 Å². The summed E-state index contributed by atoms with van der Waals surface area (Å²) in [6.07, 6.45) is 4.98. The molecule has 1 aliphatic heterocycles. The molecule has 4 unspecified atom stereocenters. The molecule has 1 saturated heterocycles. The van der Waals surface area contributed by atoms with E-state index in [-0.39, 0.29) is 29.7 Å². The fraction of sp³-hybridized carbons (Fsp3) is 0.895. The Morgan fingerprint density at radius 1 is 1.12 bits per heavy atom. The van der Waals surface area contributed by atoms with Crippen LogP contribution in [0.3, 0.4) is 0 Å². The zero-order chi connectivity index (χ0) is 18.3. The molecule has 24 heavy (non-hydrogen) atoms. The summed E-state index contributed by atoms with van der Waals surface area (Å²) in [4.78, 5) is 29.2. The second-order valence-corrected chi connectivity index (χ2v) is 7.32. The Labute approximate surface area is 147 Å². The van der Waals surface area contributed by atoms with Crippen LogP contribution in [0.5, 0.6) is 0 Å². The summed E-state index contributed by atoms with van der Waals surface area (Å²) in [7, 11) is 0. The Hall–Kier alpha value is -1.10. The Morgan fingerprint density at radius 3 is 2.29 bits per heavy atom. The molecule has 2 amide bonds. The molecule has 0 aliphatic carbocycles. The van der Waals surface area contributed by atoms with Crippen LogP contribution < -0.4 is 5.73 Å². The summed E-state index contributed by atoms with van der Waals surface area (Å²) in [6.45, 7) is 12.2. The van der Waals surface area contributed by atoms with Gasteiger partial charge in [-0.15, -0.1) is 0 Å². The van der Waals surface area contributed by atoms with E-state index in [1.807, 2.05) is 23.6 Å². The number of nitrogens with zero attached hydrogens (tertiary/aromatic N) is 2. The molecule has 4 atom stereocenters. The number of carbonyl (C=O) groups excluding carboxylic acids is 2. The first kappa shape index (κ1) is 20.9. The lowest BCUT2D eigenvalue weighted by Crippen LogP contribution is -2.59. The van der Waals surface area contributed by atoms with Crippen LogP contribution in [0.2, 0.25) is 0 Å². The maximum absolute atomic E-state index is 12.8. The highest BCUT2D eigenvalue weighted by molar-refractivity contribution is 5.83. The number of hydrogen-bond donors (Lipinski definition) is 1. The van der Waals surface area contributed by atoms with Crippen molar-refractivity contribution >= 4 is 11.8 Å². The Balaban J connectivity index is 2.64. The largest absolute Gasteiger partial charge is 0.338 e. The predicted octanol–water partition coefficient (Wildman–Crippen LogP) is 2.64. The fourth-order valence-electron chi connectivity index (χ4n) is 3.38. The number of piperazine rings is 1. The Kier molecular flexibility index (Phi) is 8.74. The number of unbranched alkanes of at least 4 members (excludes halogenated alkanes) is 1. The monoisotopic (exact) mass is 339 g/mol. The highest BCUT2D eigenvalue weighted by atomic mass is 16.2. The van der Waals surface area contributed by atoms with E-state index in [0.29, 0.717) is 19.6 Å². The zero-order valence-electron chi connectivity index (χ0n) is 16.3. The van der Waals surface area contributed by atoms with E-state index < -0.39 is 6.04 Å². The summed E-state index contributed by atoms with van der Waals surface area (Å²) < 4.78 is 0. The first-order valence-corrected chi connectivity index (χ1v) is 9.72. The summed E-state index contributed by atoms with van der Waals surface area (Å²) in [5.41, 5.74) is 6.09. The molecular weight excluding hydrogens is 302 g/mol. The summed E-state index contributed by atoms with van der Waals surface area (Å²) in [6, 6.07) is -0.368. The van der Waals surface area contributed by atoms with E-state index in [1.165, 1.54) is 0 Å². The van der Waals surface area contributed by atoms with Crippen molar-refractivity contribution in [2.24, 2.45) is 17.6 Å². The maximum atomic E-state index is 12.8.